The molecule has 2 amide bonds. The molecule has 8 heteroatoms. The lowest BCUT2D eigenvalue weighted by molar-refractivity contribution is -0.166. The number of nitrogens with one attached hydrogen (secondary N) is 1. The largest absolute Gasteiger partial charge is 0.459 e. The Balaban J connectivity index is 1.64. The molecular weight excluding hydrogens is 404 g/mol. The van der Waals surface area contributed by atoms with E-state index >= 15 is 0 Å². The Hall–Kier alpha value is -1.90. The number of hydrogen-bond acceptors (Lipinski definition) is 6. The predicted molar refractivity (Wildman–Crippen MR) is 115 cm³/mol. The molecule has 7 nitrogen and oxygen atoms in total. The van der Waals surface area contributed by atoms with Gasteiger partial charge in [0.2, 0.25) is 12.2 Å². The van der Waals surface area contributed by atoms with E-state index in [0.717, 1.165) is 24.9 Å². The lowest BCUT2D eigenvalue weighted by Gasteiger charge is -2.36. The first-order chi connectivity index (χ1) is 14.6. The van der Waals surface area contributed by atoms with Crippen molar-refractivity contribution in [2.24, 2.45) is 5.92 Å². The molecule has 0 aliphatic carbocycles. The molecule has 1 fully saturated rings. The van der Waals surface area contributed by atoms with E-state index in [0.29, 0.717) is 39.0 Å². The summed E-state index contributed by atoms with van der Waals surface area (Å²) >= 11 is 1.62. The molecule has 3 heterocycles. The monoisotopic (exact) mass is 436 g/mol. The molecular formula is C22H32N2O5S. The van der Waals surface area contributed by atoms with Gasteiger partial charge in [0.25, 0.3) is 5.91 Å². The number of allylic oxidation sites excluding steroid dienone is 1. The maximum Gasteiger partial charge on any atom is 0.286 e. The molecule has 0 unspecified atom stereocenters. The van der Waals surface area contributed by atoms with Gasteiger partial charge in [0, 0.05) is 51.1 Å². The van der Waals surface area contributed by atoms with E-state index in [1.807, 2.05) is 23.3 Å². The summed E-state index contributed by atoms with van der Waals surface area (Å²) < 4.78 is 11.8. The van der Waals surface area contributed by atoms with Crippen molar-refractivity contribution in [3.05, 3.63) is 34.2 Å². The smallest absolute Gasteiger partial charge is 0.286 e. The number of amides is 2. The molecule has 0 aromatic carbocycles. The van der Waals surface area contributed by atoms with E-state index in [1.165, 1.54) is 0 Å². The minimum atomic E-state index is -0.528. The van der Waals surface area contributed by atoms with Crippen molar-refractivity contribution >= 4 is 23.2 Å². The zero-order chi connectivity index (χ0) is 21.3. The average molecular weight is 437 g/mol. The lowest BCUT2D eigenvalue weighted by Crippen LogP contribution is -2.39. The molecule has 2 N–H and O–H groups in total. The van der Waals surface area contributed by atoms with Crippen molar-refractivity contribution in [2.45, 2.75) is 51.2 Å². The van der Waals surface area contributed by atoms with Crippen LogP contribution in [0.2, 0.25) is 0 Å². The maximum atomic E-state index is 12.8. The molecule has 0 saturated carbocycles. The number of ether oxygens (including phenoxy) is 2. The summed E-state index contributed by atoms with van der Waals surface area (Å²) in [4.78, 5) is 26.3. The third-order valence-electron chi connectivity index (χ3n) is 5.63. The fourth-order valence-corrected chi connectivity index (χ4v) is 4.82. The van der Waals surface area contributed by atoms with Crippen LogP contribution in [0.4, 0.5) is 0 Å². The van der Waals surface area contributed by atoms with Crippen LogP contribution in [0, 0.1) is 5.92 Å². The van der Waals surface area contributed by atoms with Gasteiger partial charge in [-0.25, -0.2) is 0 Å². The quantitative estimate of drug-likeness (QED) is 0.521. The summed E-state index contributed by atoms with van der Waals surface area (Å²) in [6.45, 7) is 4.47. The highest BCUT2D eigenvalue weighted by molar-refractivity contribution is 7.08. The Morgan fingerprint density at radius 1 is 1.43 bits per heavy atom. The van der Waals surface area contributed by atoms with Crippen LogP contribution in [0.25, 0.3) is 0 Å². The van der Waals surface area contributed by atoms with Crippen LogP contribution >= 0.6 is 11.3 Å². The number of aliphatic hydroxyl groups excluding tert-OH is 1. The molecule has 0 radical (unpaired) electrons. The summed E-state index contributed by atoms with van der Waals surface area (Å²) in [5.41, 5.74) is 1.13. The van der Waals surface area contributed by atoms with Crippen molar-refractivity contribution in [1.82, 2.24) is 10.2 Å². The first kappa shape index (κ1) is 22.8. The molecule has 30 heavy (non-hydrogen) atoms. The summed E-state index contributed by atoms with van der Waals surface area (Å²) in [6, 6.07) is 2.06. The van der Waals surface area contributed by atoms with Crippen molar-refractivity contribution in [3.8, 4) is 0 Å². The fourth-order valence-electron chi connectivity index (χ4n) is 4.11. The van der Waals surface area contributed by atoms with Crippen LogP contribution in [0.3, 0.4) is 0 Å². The average Bonchev–Trinajstić information content (AvgIpc) is 3.42. The van der Waals surface area contributed by atoms with Gasteiger partial charge in [-0.05, 0) is 61.1 Å². The maximum absolute atomic E-state index is 12.8. The van der Waals surface area contributed by atoms with E-state index in [9.17, 15) is 14.7 Å². The number of aliphatic hydroxyl groups is 1. The van der Waals surface area contributed by atoms with Gasteiger partial charge in [-0.3, -0.25) is 9.59 Å². The second-order valence-corrected chi connectivity index (χ2v) is 8.46. The molecule has 2 aliphatic heterocycles. The normalized spacial score (nSPS) is 23.9. The fraction of sp³-hybridized carbons (Fsp3) is 0.636. The van der Waals surface area contributed by atoms with Gasteiger partial charge in [0.1, 0.15) is 0 Å². The zero-order valence-electron chi connectivity index (χ0n) is 17.5. The highest BCUT2D eigenvalue weighted by Crippen LogP contribution is 2.40. The molecule has 0 bridgehead atoms. The first-order valence-corrected chi connectivity index (χ1v) is 11.8. The SMILES string of the molecule is CCO[C@@H]1OC(C(=O)NCCCN2CCCC2=O)=C[C@H](c2ccsc2)[C@@H]1CCCO. The molecule has 1 aromatic heterocycles. The Kier molecular flexibility index (Phi) is 8.72. The van der Waals surface area contributed by atoms with Crippen LogP contribution in [0.1, 0.15) is 50.5 Å². The number of rotatable bonds is 11. The van der Waals surface area contributed by atoms with Crippen LogP contribution in [-0.2, 0) is 19.1 Å². The molecule has 3 rings (SSSR count). The van der Waals surface area contributed by atoms with Crippen LogP contribution in [0.5, 0.6) is 0 Å². The molecule has 1 saturated heterocycles. The molecule has 3 atom stereocenters. The second-order valence-electron chi connectivity index (χ2n) is 7.68. The second kappa shape index (κ2) is 11.5. The summed E-state index contributed by atoms with van der Waals surface area (Å²) in [6.07, 6.45) is 5.03. The van der Waals surface area contributed by atoms with Crippen molar-refractivity contribution in [1.29, 1.82) is 0 Å². The van der Waals surface area contributed by atoms with Gasteiger partial charge in [-0.2, -0.15) is 11.3 Å². The van der Waals surface area contributed by atoms with Crippen molar-refractivity contribution < 1.29 is 24.2 Å². The number of nitrogens with zero attached hydrogens (tertiary/aromatic N) is 1. The number of thiophene rings is 1. The summed E-state index contributed by atoms with van der Waals surface area (Å²) in [5, 5.41) is 16.3. The van der Waals surface area contributed by atoms with Crippen LogP contribution in [-0.4, -0.2) is 61.0 Å². The topological polar surface area (TPSA) is 88.1 Å². The Morgan fingerprint density at radius 2 is 2.30 bits per heavy atom. The summed E-state index contributed by atoms with van der Waals surface area (Å²) in [5.74, 6) is 0.252. The van der Waals surface area contributed by atoms with E-state index in [4.69, 9.17) is 9.47 Å². The Bertz CT molecular complexity index is 721. The standard InChI is InChI=1S/C22H32N2O5S/c1-2-28-22-17(6-4-12-25)18(16-8-13-30-15-16)14-19(29-22)21(27)23-9-5-11-24-10-3-7-20(24)26/h8,13-15,17-18,22,25H,2-7,9-12H2,1H3,(H,23,27)/t17-,18+,22+/m0/s1. The van der Waals surface area contributed by atoms with Gasteiger partial charge in [-0.15, -0.1) is 0 Å². The molecule has 2 aliphatic rings. The van der Waals surface area contributed by atoms with Gasteiger partial charge < -0.3 is 24.8 Å². The summed E-state index contributed by atoms with van der Waals surface area (Å²) in [7, 11) is 0. The van der Waals surface area contributed by atoms with Crippen molar-refractivity contribution in [2.75, 3.05) is 32.8 Å². The van der Waals surface area contributed by atoms with E-state index in [1.54, 1.807) is 11.3 Å². The van der Waals surface area contributed by atoms with Crippen LogP contribution < -0.4 is 5.32 Å². The van der Waals surface area contributed by atoms with Gasteiger partial charge in [0.05, 0.1) is 0 Å². The third-order valence-corrected chi connectivity index (χ3v) is 6.33. The lowest BCUT2D eigenvalue weighted by atomic mass is 9.81. The predicted octanol–water partition coefficient (Wildman–Crippen LogP) is 2.63. The number of likely N-dealkylation sites (tertiary alicyclic amines) is 1. The van der Waals surface area contributed by atoms with Gasteiger partial charge in [-0.1, -0.05) is 0 Å². The Morgan fingerprint density at radius 3 is 2.97 bits per heavy atom. The van der Waals surface area contributed by atoms with E-state index < -0.39 is 6.29 Å². The molecule has 1 aromatic rings. The first-order valence-electron chi connectivity index (χ1n) is 10.8. The van der Waals surface area contributed by atoms with Gasteiger partial charge >= 0.3 is 0 Å². The zero-order valence-corrected chi connectivity index (χ0v) is 18.4. The van der Waals surface area contributed by atoms with E-state index in [-0.39, 0.29) is 36.0 Å². The van der Waals surface area contributed by atoms with E-state index in [2.05, 4.69) is 16.8 Å². The highest BCUT2D eigenvalue weighted by Gasteiger charge is 2.37. The third kappa shape index (κ3) is 5.83. The van der Waals surface area contributed by atoms with Gasteiger partial charge in [0.15, 0.2) is 5.76 Å². The molecule has 166 valence electrons. The van der Waals surface area contributed by atoms with Crippen molar-refractivity contribution in [3.63, 3.8) is 0 Å². The minimum Gasteiger partial charge on any atom is -0.459 e. The minimum absolute atomic E-state index is 0.00364. The number of hydrogen-bond donors (Lipinski definition) is 2. The van der Waals surface area contributed by atoms with Crippen LogP contribution in [0.15, 0.2) is 28.7 Å². The molecule has 0 spiro atoms. The number of carbonyl (C=O) groups is 2. The number of carbonyl (C=O) groups excluding carboxylic acids is 2. The highest BCUT2D eigenvalue weighted by atomic mass is 32.1. The Labute approximate surface area is 182 Å².